The SMILES string of the molecule is COc1ccc(C)cc1NC(=O)C1CC(=O)N(c2c(C)cc(C)cc2C)C1. The van der Waals surface area contributed by atoms with E-state index in [1.54, 1.807) is 12.0 Å². The molecule has 1 atom stereocenters. The number of nitrogens with one attached hydrogen (secondary N) is 1. The van der Waals surface area contributed by atoms with Crippen LogP contribution in [0.4, 0.5) is 11.4 Å². The second kappa shape index (κ2) is 7.43. The van der Waals surface area contributed by atoms with Gasteiger partial charge in [0.05, 0.1) is 18.7 Å². The Kier molecular flexibility index (Phi) is 5.22. The van der Waals surface area contributed by atoms with Crippen molar-refractivity contribution >= 4 is 23.2 Å². The molecule has 0 radical (unpaired) electrons. The maximum atomic E-state index is 12.8. The standard InChI is InChI=1S/C22H26N2O3/c1-13-6-7-19(27-5)18(10-13)23-22(26)17-11-20(25)24(12-17)21-15(3)8-14(2)9-16(21)4/h6-10,17H,11-12H2,1-5H3,(H,23,26). The fourth-order valence-electron chi connectivity index (χ4n) is 3.85. The van der Waals surface area contributed by atoms with Crippen LogP contribution >= 0.6 is 0 Å². The molecule has 1 aliphatic heterocycles. The van der Waals surface area contributed by atoms with Gasteiger partial charge >= 0.3 is 0 Å². The minimum absolute atomic E-state index is 0.0126. The van der Waals surface area contributed by atoms with Crippen LogP contribution in [0.15, 0.2) is 30.3 Å². The molecule has 2 amide bonds. The van der Waals surface area contributed by atoms with Gasteiger partial charge in [0.1, 0.15) is 5.75 Å². The molecule has 3 rings (SSSR count). The van der Waals surface area contributed by atoms with Gasteiger partial charge in [-0.25, -0.2) is 0 Å². The Labute approximate surface area is 160 Å². The maximum Gasteiger partial charge on any atom is 0.229 e. The Morgan fingerprint density at radius 3 is 2.37 bits per heavy atom. The van der Waals surface area contributed by atoms with Gasteiger partial charge in [0, 0.05) is 18.7 Å². The minimum atomic E-state index is -0.386. The molecule has 5 nitrogen and oxygen atoms in total. The van der Waals surface area contributed by atoms with Crippen molar-refractivity contribution in [3.05, 3.63) is 52.6 Å². The van der Waals surface area contributed by atoms with E-state index in [1.165, 1.54) is 5.56 Å². The predicted molar refractivity (Wildman–Crippen MR) is 107 cm³/mol. The van der Waals surface area contributed by atoms with Gasteiger partial charge in [-0.1, -0.05) is 23.8 Å². The van der Waals surface area contributed by atoms with Gasteiger partial charge in [-0.15, -0.1) is 0 Å². The molecule has 0 spiro atoms. The molecule has 1 saturated heterocycles. The molecule has 1 fully saturated rings. The number of benzene rings is 2. The predicted octanol–water partition coefficient (Wildman–Crippen LogP) is 3.92. The third-order valence-electron chi connectivity index (χ3n) is 5.01. The number of nitrogens with zero attached hydrogens (tertiary/aromatic N) is 1. The fraction of sp³-hybridized carbons (Fsp3) is 0.364. The van der Waals surface area contributed by atoms with Crippen molar-refractivity contribution in [2.45, 2.75) is 34.1 Å². The quantitative estimate of drug-likeness (QED) is 0.892. The molecule has 1 heterocycles. The molecule has 142 valence electrons. The third kappa shape index (κ3) is 3.82. The summed E-state index contributed by atoms with van der Waals surface area (Å²) in [6.45, 7) is 8.41. The summed E-state index contributed by atoms with van der Waals surface area (Å²) in [5.74, 6) is 0.0572. The van der Waals surface area contributed by atoms with Crippen molar-refractivity contribution in [1.29, 1.82) is 0 Å². The van der Waals surface area contributed by atoms with Gasteiger partial charge in [-0.3, -0.25) is 9.59 Å². The second-order valence-electron chi connectivity index (χ2n) is 7.35. The van der Waals surface area contributed by atoms with Crippen LogP contribution in [0.1, 0.15) is 28.7 Å². The first-order valence-corrected chi connectivity index (χ1v) is 9.14. The van der Waals surface area contributed by atoms with E-state index >= 15 is 0 Å². The number of hydrogen-bond donors (Lipinski definition) is 1. The van der Waals surface area contributed by atoms with E-state index in [1.807, 2.05) is 45.9 Å². The molecule has 27 heavy (non-hydrogen) atoms. The molecule has 1 aliphatic rings. The second-order valence-corrected chi connectivity index (χ2v) is 7.35. The van der Waals surface area contributed by atoms with E-state index in [-0.39, 0.29) is 24.2 Å². The van der Waals surface area contributed by atoms with Crippen LogP contribution < -0.4 is 15.0 Å². The van der Waals surface area contributed by atoms with Gasteiger partial charge in [-0.2, -0.15) is 0 Å². The lowest BCUT2D eigenvalue weighted by molar-refractivity contribution is -0.122. The van der Waals surface area contributed by atoms with E-state index < -0.39 is 0 Å². The number of ether oxygens (including phenoxy) is 1. The number of anilines is 2. The number of rotatable bonds is 4. The summed E-state index contributed by atoms with van der Waals surface area (Å²) in [7, 11) is 1.57. The average molecular weight is 366 g/mol. The Bertz CT molecular complexity index is 881. The van der Waals surface area contributed by atoms with Crippen molar-refractivity contribution in [2.75, 3.05) is 23.9 Å². The lowest BCUT2D eigenvalue weighted by Gasteiger charge is -2.22. The number of methoxy groups -OCH3 is 1. The summed E-state index contributed by atoms with van der Waals surface area (Å²) in [6, 6.07) is 9.77. The van der Waals surface area contributed by atoms with Crippen molar-refractivity contribution in [3.63, 3.8) is 0 Å². The van der Waals surface area contributed by atoms with E-state index in [4.69, 9.17) is 4.74 Å². The normalized spacial score (nSPS) is 16.6. The Hall–Kier alpha value is -2.82. The third-order valence-corrected chi connectivity index (χ3v) is 5.01. The highest BCUT2D eigenvalue weighted by Crippen LogP contribution is 2.33. The molecule has 0 aliphatic carbocycles. The molecule has 2 aromatic rings. The fourth-order valence-corrected chi connectivity index (χ4v) is 3.85. The molecule has 0 bridgehead atoms. The van der Waals surface area contributed by atoms with Crippen molar-refractivity contribution in [2.24, 2.45) is 5.92 Å². The Morgan fingerprint density at radius 2 is 1.74 bits per heavy atom. The first-order valence-electron chi connectivity index (χ1n) is 9.14. The largest absolute Gasteiger partial charge is 0.495 e. The van der Waals surface area contributed by atoms with Crippen molar-refractivity contribution in [1.82, 2.24) is 0 Å². The number of hydrogen-bond acceptors (Lipinski definition) is 3. The number of aryl methyl sites for hydroxylation is 4. The first-order chi connectivity index (χ1) is 12.8. The monoisotopic (exact) mass is 366 g/mol. The Morgan fingerprint density at radius 1 is 1.07 bits per heavy atom. The molecular formula is C22H26N2O3. The Balaban J connectivity index is 1.80. The summed E-state index contributed by atoms with van der Waals surface area (Å²) in [6.07, 6.45) is 0.215. The van der Waals surface area contributed by atoms with Crippen LogP contribution in [0.3, 0.4) is 0 Å². The first kappa shape index (κ1) is 19.0. The summed E-state index contributed by atoms with van der Waals surface area (Å²) in [5.41, 5.74) is 5.87. The highest BCUT2D eigenvalue weighted by atomic mass is 16.5. The van der Waals surface area contributed by atoms with Gasteiger partial charge in [0.2, 0.25) is 11.8 Å². The smallest absolute Gasteiger partial charge is 0.229 e. The van der Waals surface area contributed by atoms with Crippen LogP contribution in [0.25, 0.3) is 0 Å². The molecular weight excluding hydrogens is 340 g/mol. The van der Waals surface area contributed by atoms with E-state index in [9.17, 15) is 9.59 Å². The van der Waals surface area contributed by atoms with Crippen LogP contribution in [0.2, 0.25) is 0 Å². The van der Waals surface area contributed by atoms with Crippen molar-refractivity contribution < 1.29 is 14.3 Å². The van der Waals surface area contributed by atoms with Gasteiger partial charge in [0.25, 0.3) is 0 Å². The summed E-state index contributed by atoms with van der Waals surface area (Å²) < 4.78 is 5.33. The highest BCUT2D eigenvalue weighted by Gasteiger charge is 2.36. The maximum absolute atomic E-state index is 12.8. The molecule has 0 saturated carbocycles. The van der Waals surface area contributed by atoms with Gasteiger partial charge < -0.3 is 15.0 Å². The topological polar surface area (TPSA) is 58.6 Å². The van der Waals surface area contributed by atoms with Crippen LogP contribution in [-0.4, -0.2) is 25.5 Å². The number of carbonyl (C=O) groups is 2. The van der Waals surface area contributed by atoms with Crippen LogP contribution in [-0.2, 0) is 9.59 Å². The molecule has 5 heteroatoms. The zero-order chi connectivity index (χ0) is 19.7. The summed E-state index contributed by atoms with van der Waals surface area (Å²) in [5, 5.41) is 2.93. The summed E-state index contributed by atoms with van der Waals surface area (Å²) >= 11 is 0. The van der Waals surface area contributed by atoms with E-state index in [0.717, 1.165) is 22.4 Å². The number of amides is 2. The molecule has 1 unspecified atom stereocenters. The average Bonchev–Trinajstić information content (AvgIpc) is 2.96. The molecule has 2 aromatic carbocycles. The zero-order valence-corrected chi connectivity index (χ0v) is 16.6. The van der Waals surface area contributed by atoms with Gasteiger partial charge in [0.15, 0.2) is 0 Å². The zero-order valence-electron chi connectivity index (χ0n) is 16.6. The van der Waals surface area contributed by atoms with E-state index in [2.05, 4.69) is 17.4 Å². The highest BCUT2D eigenvalue weighted by molar-refractivity contribution is 6.04. The summed E-state index contributed by atoms with van der Waals surface area (Å²) in [4.78, 5) is 27.2. The molecule has 0 aromatic heterocycles. The lowest BCUT2D eigenvalue weighted by Crippen LogP contribution is -2.29. The number of carbonyl (C=O) groups excluding carboxylic acids is 2. The van der Waals surface area contributed by atoms with E-state index in [0.29, 0.717) is 18.0 Å². The minimum Gasteiger partial charge on any atom is -0.495 e. The van der Waals surface area contributed by atoms with Crippen LogP contribution in [0, 0.1) is 33.6 Å². The van der Waals surface area contributed by atoms with Gasteiger partial charge in [-0.05, 0) is 56.5 Å². The lowest BCUT2D eigenvalue weighted by atomic mass is 10.0. The molecule has 1 N–H and O–H groups in total. The van der Waals surface area contributed by atoms with Crippen molar-refractivity contribution in [3.8, 4) is 5.75 Å². The van der Waals surface area contributed by atoms with Crippen LogP contribution in [0.5, 0.6) is 5.75 Å².